The Balaban J connectivity index is 2.55. The van der Waals surface area contributed by atoms with Gasteiger partial charge in [0.25, 0.3) is 0 Å². The first-order valence-corrected chi connectivity index (χ1v) is 8.43. The number of nitrogens with one attached hydrogen (secondary N) is 2. The van der Waals surface area contributed by atoms with Crippen molar-refractivity contribution in [3.8, 4) is 0 Å². The topological polar surface area (TPSA) is 129 Å². The van der Waals surface area contributed by atoms with Crippen molar-refractivity contribution in [2.75, 3.05) is 37.1 Å². The highest BCUT2D eigenvalue weighted by atomic mass is 16.6. The van der Waals surface area contributed by atoms with E-state index in [1.54, 1.807) is 25.1 Å². The van der Waals surface area contributed by atoms with E-state index >= 15 is 0 Å². The van der Waals surface area contributed by atoms with Crippen molar-refractivity contribution >= 4 is 35.5 Å². The Kier molecular flexibility index (Phi) is 10.0. The molecule has 10 nitrogen and oxygen atoms in total. The van der Waals surface area contributed by atoms with E-state index < -0.39 is 24.1 Å². The Morgan fingerprint density at radius 2 is 1.31 bits per heavy atom. The van der Waals surface area contributed by atoms with Crippen molar-refractivity contribution in [1.82, 2.24) is 0 Å². The van der Waals surface area contributed by atoms with Crippen LogP contribution in [0.3, 0.4) is 0 Å². The SMILES string of the molecule is C=CC(=O)OCCOC(=O)Nc1cccc(C)c1NC(=O)OCCOC(=O)C=C. The number of para-hydroxylation sites is 1. The number of benzene rings is 1. The molecule has 0 heterocycles. The lowest BCUT2D eigenvalue weighted by Crippen LogP contribution is -2.21. The molecule has 156 valence electrons. The molecule has 0 saturated carbocycles. The molecule has 0 aliphatic heterocycles. The molecule has 29 heavy (non-hydrogen) atoms. The number of anilines is 2. The molecule has 0 aromatic heterocycles. The highest BCUT2D eigenvalue weighted by Gasteiger charge is 2.13. The maximum absolute atomic E-state index is 11.9. The van der Waals surface area contributed by atoms with Crippen molar-refractivity contribution in [1.29, 1.82) is 0 Å². The first kappa shape index (κ1) is 23.2. The second-order valence-corrected chi connectivity index (χ2v) is 5.26. The van der Waals surface area contributed by atoms with Gasteiger partial charge < -0.3 is 18.9 Å². The average molecular weight is 406 g/mol. The maximum Gasteiger partial charge on any atom is 0.411 e. The number of esters is 2. The van der Waals surface area contributed by atoms with Gasteiger partial charge in [0.15, 0.2) is 0 Å². The standard InChI is InChI=1S/C19H22N2O8/c1-4-15(22)26-9-11-28-18(24)20-14-8-6-7-13(3)17(14)21-19(25)29-12-10-27-16(23)5-2/h4-8H,1-2,9-12H2,3H3,(H,20,24)(H,21,25). The fourth-order valence-electron chi connectivity index (χ4n) is 1.89. The van der Waals surface area contributed by atoms with Gasteiger partial charge in [-0.3, -0.25) is 10.6 Å². The van der Waals surface area contributed by atoms with Crippen molar-refractivity contribution in [3.05, 3.63) is 49.1 Å². The van der Waals surface area contributed by atoms with E-state index in [0.29, 0.717) is 11.3 Å². The van der Waals surface area contributed by atoms with Crippen LogP contribution in [0, 0.1) is 6.92 Å². The molecule has 0 spiro atoms. The van der Waals surface area contributed by atoms with Gasteiger partial charge in [-0.15, -0.1) is 0 Å². The summed E-state index contributed by atoms with van der Waals surface area (Å²) >= 11 is 0. The van der Waals surface area contributed by atoms with Crippen LogP contribution in [0.2, 0.25) is 0 Å². The number of carbonyl (C=O) groups excluding carboxylic acids is 4. The Labute approximate surface area is 167 Å². The summed E-state index contributed by atoms with van der Waals surface area (Å²) in [6, 6.07) is 4.93. The number of ether oxygens (including phenoxy) is 4. The lowest BCUT2D eigenvalue weighted by atomic mass is 10.1. The van der Waals surface area contributed by atoms with Gasteiger partial charge in [-0.05, 0) is 18.6 Å². The summed E-state index contributed by atoms with van der Waals surface area (Å²) in [5.74, 6) is -1.26. The predicted molar refractivity (Wildman–Crippen MR) is 103 cm³/mol. The van der Waals surface area contributed by atoms with E-state index in [-0.39, 0.29) is 32.1 Å². The van der Waals surface area contributed by atoms with Gasteiger partial charge in [0.1, 0.15) is 26.4 Å². The summed E-state index contributed by atoms with van der Waals surface area (Å²) in [7, 11) is 0. The zero-order valence-electron chi connectivity index (χ0n) is 15.9. The highest BCUT2D eigenvalue weighted by molar-refractivity contribution is 5.96. The van der Waals surface area contributed by atoms with Gasteiger partial charge in [0, 0.05) is 12.2 Å². The average Bonchev–Trinajstić information content (AvgIpc) is 2.70. The Morgan fingerprint density at radius 1 is 0.828 bits per heavy atom. The third kappa shape index (κ3) is 9.09. The monoisotopic (exact) mass is 406 g/mol. The molecule has 2 amide bonds. The zero-order chi connectivity index (χ0) is 21.6. The third-order valence-corrected chi connectivity index (χ3v) is 3.19. The van der Waals surface area contributed by atoms with E-state index in [1.165, 1.54) is 0 Å². The normalized spacial score (nSPS) is 9.55. The molecule has 10 heteroatoms. The van der Waals surface area contributed by atoms with Crippen LogP contribution in [-0.2, 0) is 28.5 Å². The van der Waals surface area contributed by atoms with Crippen LogP contribution in [-0.4, -0.2) is 50.6 Å². The lowest BCUT2D eigenvalue weighted by Gasteiger charge is -2.15. The minimum atomic E-state index is -0.807. The summed E-state index contributed by atoms with van der Waals surface area (Å²) in [4.78, 5) is 45.6. The molecule has 1 rings (SSSR count). The van der Waals surface area contributed by atoms with Crippen LogP contribution in [0.15, 0.2) is 43.5 Å². The van der Waals surface area contributed by atoms with Gasteiger partial charge in [-0.1, -0.05) is 25.3 Å². The summed E-state index contributed by atoms with van der Waals surface area (Å²) in [6.07, 6.45) is 0.376. The van der Waals surface area contributed by atoms with Crippen LogP contribution in [0.25, 0.3) is 0 Å². The minimum absolute atomic E-state index is 0.125. The van der Waals surface area contributed by atoms with Crippen molar-refractivity contribution < 1.29 is 38.1 Å². The maximum atomic E-state index is 11.9. The van der Waals surface area contributed by atoms with E-state index in [0.717, 1.165) is 12.2 Å². The highest BCUT2D eigenvalue weighted by Crippen LogP contribution is 2.26. The summed E-state index contributed by atoms with van der Waals surface area (Å²) < 4.78 is 19.2. The molecular formula is C19H22N2O8. The fourth-order valence-corrected chi connectivity index (χ4v) is 1.89. The van der Waals surface area contributed by atoms with Gasteiger partial charge >= 0.3 is 24.1 Å². The number of amides is 2. The van der Waals surface area contributed by atoms with E-state index in [4.69, 9.17) is 9.47 Å². The van der Waals surface area contributed by atoms with E-state index in [1.807, 2.05) is 0 Å². The largest absolute Gasteiger partial charge is 0.459 e. The predicted octanol–water partition coefficient (Wildman–Crippen LogP) is 2.55. The quantitative estimate of drug-likeness (QED) is 0.262. The smallest absolute Gasteiger partial charge is 0.411 e. The van der Waals surface area contributed by atoms with Gasteiger partial charge in [0.2, 0.25) is 0 Å². The second-order valence-electron chi connectivity index (χ2n) is 5.26. The zero-order valence-corrected chi connectivity index (χ0v) is 15.9. The van der Waals surface area contributed by atoms with Crippen LogP contribution in [0.4, 0.5) is 21.0 Å². The first-order valence-electron chi connectivity index (χ1n) is 8.43. The molecule has 1 aromatic rings. The second kappa shape index (κ2) is 12.5. The van der Waals surface area contributed by atoms with Crippen molar-refractivity contribution in [2.24, 2.45) is 0 Å². The molecule has 0 aliphatic carbocycles. The molecular weight excluding hydrogens is 384 g/mol. The molecule has 1 aromatic carbocycles. The van der Waals surface area contributed by atoms with Gasteiger partial charge in [0.05, 0.1) is 11.4 Å². The summed E-state index contributed by atoms with van der Waals surface area (Å²) in [5, 5.41) is 4.98. The van der Waals surface area contributed by atoms with Crippen LogP contribution in [0.1, 0.15) is 5.56 Å². The number of aryl methyl sites for hydroxylation is 1. The summed E-state index contributed by atoms with van der Waals surface area (Å²) in [5.41, 5.74) is 1.22. The molecule has 0 atom stereocenters. The van der Waals surface area contributed by atoms with Crippen molar-refractivity contribution in [3.63, 3.8) is 0 Å². The van der Waals surface area contributed by atoms with Crippen LogP contribution >= 0.6 is 0 Å². The fraction of sp³-hybridized carbons (Fsp3) is 0.263. The third-order valence-electron chi connectivity index (χ3n) is 3.19. The Hall–Kier alpha value is -3.82. The number of carbonyl (C=O) groups is 4. The molecule has 2 N–H and O–H groups in total. The van der Waals surface area contributed by atoms with Crippen LogP contribution < -0.4 is 10.6 Å². The Morgan fingerprint density at radius 3 is 1.83 bits per heavy atom. The van der Waals surface area contributed by atoms with Gasteiger partial charge in [-0.2, -0.15) is 0 Å². The molecule has 0 fully saturated rings. The Bertz CT molecular complexity index is 775. The van der Waals surface area contributed by atoms with Gasteiger partial charge in [-0.25, -0.2) is 19.2 Å². The summed E-state index contributed by atoms with van der Waals surface area (Å²) in [6.45, 7) is 7.63. The molecule has 0 radical (unpaired) electrons. The van der Waals surface area contributed by atoms with E-state index in [2.05, 4.69) is 33.3 Å². The molecule has 0 bridgehead atoms. The van der Waals surface area contributed by atoms with Crippen LogP contribution in [0.5, 0.6) is 0 Å². The molecule has 0 unspecified atom stereocenters. The molecule has 0 saturated heterocycles. The number of rotatable bonds is 10. The first-order chi connectivity index (χ1) is 13.9. The van der Waals surface area contributed by atoms with Crippen molar-refractivity contribution in [2.45, 2.75) is 6.92 Å². The molecule has 0 aliphatic rings. The lowest BCUT2D eigenvalue weighted by molar-refractivity contribution is -0.139. The van der Waals surface area contributed by atoms with E-state index in [9.17, 15) is 19.2 Å². The minimum Gasteiger partial charge on any atom is -0.459 e. The number of hydrogen-bond acceptors (Lipinski definition) is 8. The number of hydrogen-bond donors (Lipinski definition) is 2.